The van der Waals surface area contributed by atoms with Gasteiger partial charge in [0, 0.05) is 17.2 Å². The number of benzene rings is 2. The van der Waals surface area contributed by atoms with Crippen molar-refractivity contribution in [1.29, 1.82) is 0 Å². The quantitative estimate of drug-likeness (QED) is 0.666. The first-order valence-electron chi connectivity index (χ1n) is 9.85. The van der Waals surface area contributed by atoms with Crippen molar-refractivity contribution in [2.24, 2.45) is 0 Å². The van der Waals surface area contributed by atoms with Crippen molar-refractivity contribution in [3.63, 3.8) is 0 Å². The SMILES string of the molecule is Fc1cccc(-c2cn[nH]c2C2CCN(CCCc3ccccc3)CC2)c1. The van der Waals surface area contributed by atoms with Crippen molar-refractivity contribution >= 4 is 0 Å². The van der Waals surface area contributed by atoms with Gasteiger partial charge in [-0.25, -0.2) is 4.39 Å². The molecule has 4 rings (SSSR count). The molecule has 0 spiro atoms. The van der Waals surface area contributed by atoms with Crippen LogP contribution in [0.15, 0.2) is 60.8 Å². The maximum atomic E-state index is 13.6. The van der Waals surface area contributed by atoms with E-state index in [1.807, 2.05) is 12.3 Å². The largest absolute Gasteiger partial charge is 0.303 e. The van der Waals surface area contributed by atoms with Gasteiger partial charge < -0.3 is 4.90 Å². The summed E-state index contributed by atoms with van der Waals surface area (Å²) >= 11 is 0. The molecular weight excluding hydrogens is 337 g/mol. The summed E-state index contributed by atoms with van der Waals surface area (Å²) < 4.78 is 13.6. The van der Waals surface area contributed by atoms with E-state index in [2.05, 4.69) is 45.4 Å². The lowest BCUT2D eigenvalue weighted by atomic mass is 9.89. The minimum atomic E-state index is -0.201. The van der Waals surface area contributed by atoms with Crippen LogP contribution < -0.4 is 0 Å². The zero-order valence-electron chi connectivity index (χ0n) is 15.6. The van der Waals surface area contributed by atoms with Gasteiger partial charge in [0.25, 0.3) is 0 Å². The number of likely N-dealkylation sites (tertiary alicyclic amines) is 1. The van der Waals surface area contributed by atoms with Crippen molar-refractivity contribution in [3.8, 4) is 11.1 Å². The van der Waals surface area contributed by atoms with Gasteiger partial charge in [-0.05, 0) is 68.6 Å². The summed E-state index contributed by atoms with van der Waals surface area (Å²) in [7, 11) is 0. The molecule has 0 radical (unpaired) electrons. The minimum Gasteiger partial charge on any atom is -0.303 e. The summed E-state index contributed by atoms with van der Waals surface area (Å²) in [5.41, 5.74) is 4.52. The first kappa shape index (κ1) is 17.9. The molecule has 0 amide bonds. The normalized spacial score (nSPS) is 15.9. The number of aryl methyl sites for hydroxylation is 1. The summed E-state index contributed by atoms with van der Waals surface area (Å²) in [6.45, 7) is 3.38. The highest BCUT2D eigenvalue weighted by Crippen LogP contribution is 2.34. The van der Waals surface area contributed by atoms with E-state index in [0.29, 0.717) is 5.92 Å². The number of H-pyrrole nitrogens is 1. The molecule has 0 unspecified atom stereocenters. The Morgan fingerprint density at radius 1 is 1.04 bits per heavy atom. The van der Waals surface area contributed by atoms with Crippen molar-refractivity contribution < 1.29 is 4.39 Å². The second-order valence-electron chi connectivity index (χ2n) is 7.41. The number of nitrogens with zero attached hydrogens (tertiary/aromatic N) is 2. The Morgan fingerprint density at radius 2 is 1.85 bits per heavy atom. The Hall–Kier alpha value is -2.46. The summed E-state index contributed by atoms with van der Waals surface area (Å²) in [5, 5.41) is 7.43. The molecule has 0 aliphatic carbocycles. The van der Waals surface area contributed by atoms with Crippen molar-refractivity contribution in [2.75, 3.05) is 19.6 Å². The van der Waals surface area contributed by atoms with E-state index in [9.17, 15) is 4.39 Å². The number of piperidine rings is 1. The van der Waals surface area contributed by atoms with Crippen LogP contribution in [0.1, 0.15) is 36.4 Å². The van der Waals surface area contributed by atoms with Crippen LogP contribution in [0.4, 0.5) is 4.39 Å². The predicted molar refractivity (Wildman–Crippen MR) is 107 cm³/mol. The molecule has 1 fully saturated rings. The van der Waals surface area contributed by atoms with Gasteiger partial charge in [-0.15, -0.1) is 0 Å². The van der Waals surface area contributed by atoms with Crippen LogP contribution in [0.3, 0.4) is 0 Å². The van der Waals surface area contributed by atoms with Gasteiger partial charge in [-0.1, -0.05) is 42.5 Å². The standard InChI is InChI=1S/C23H26FN3/c24-21-10-4-9-20(16-21)22-17-25-26-23(22)19-11-14-27(15-12-19)13-5-8-18-6-2-1-3-7-18/h1-4,6-7,9-10,16-17,19H,5,8,11-15H2,(H,25,26). The number of hydrogen-bond donors (Lipinski definition) is 1. The fourth-order valence-electron chi connectivity index (χ4n) is 4.09. The van der Waals surface area contributed by atoms with Gasteiger partial charge in [-0.2, -0.15) is 5.10 Å². The van der Waals surface area contributed by atoms with Crippen molar-refractivity contribution in [3.05, 3.63) is 77.9 Å². The monoisotopic (exact) mass is 363 g/mol. The van der Waals surface area contributed by atoms with E-state index >= 15 is 0 Å². The molecular formula is C23H26FN3. The second kappa shape index (κ2) is 8.49. The molecule has 1 saturated heterocycles. The third kappa shape index (κ3) is 4.45. The Labute approximate surface area is 160 Å². The van der Waals surface area contributed by atoms with Crippen LogP contribution in [0.2, 0.25) is 0 Å². The molecule has 1 aliphatic heterocycles. The lowest BCUT2D eigenvalue weighted by molar-refractivity contribution is 0.209. The van der Waals surface area contributed by atoms with Crippen LogP contribution >= 0.6 is 0 Å². The minimum absolute atomic E-state index is 0.201. The topological polar surface area (TPSA) is 31.9 Å². The fraction of sp³-hybridized carbons (Fsp3) is 0.348. The van der Waals surface area contributed by atoms with E-state index in [1.54, 1.807) is 12.1 Å². The van der Waals surface area contributed by atoms with Crippen molar-refractivity contribution in [2.45, 2.75) is 31.6 Å². The third-order valence-electron chi connectivity index (χ3n) is 5.58. The molecule has 1 N–H and O–H groups in total. The van der Waals surface area contributed by atoms with Gasteiger partial charge in [0.2, 0.25) is 0 Å². The summed E-state index contributed by atoms with van der Waals surface area (Å²) in [6.07, 6.45) is 6.42. The first-order valence-corrected chi connectivity index (χ1v) is 9.85. The Kier molecular flexibility index (Phi) is 5.64. The van der Waals surface area contributed by atoms with Crippen LogP contribution in [-0.2, 0) is 6.42 Å². The Balaban J connectivity index is 1.32. The van der Waals surface area contributed by atoms with E-state index in [1.165, 1.54) is 18.1 Å². The molecule has 27 heavy (non-hydrogen) atoms. The zero-order chi connectivity index (χ0) is 18.5. The van der Waals surface area contributed by atoms with Gasteiger partial charge in [0.1, 0.15) is 5.82 Å². The second-order valence-corrected chi connectivity index (χ2v) is 7.41. The first-order chi connectivity index (χ1) is 13.3. The van der Waals surface area contributed by atoms with E-state index < -0.39 is 0 Å². The van der Waals surface area contributed by atoms with Gasteiger partial charge >= 0.3 is 0 Å². The maximum Gasteiger partial charge on any atom is 0.123 e. The summed E-state index contributed by atoms with van der Waals surface area (Å²) in [4.78, 5) is 2.57. The Bertz CT molecular complexity index is 851. The van der Waals surface area contributed by atoms with Gasteiger partial charge in [-0.3, -0.25) is 5.10 Å². The molecule has 3 aromatic rings. The third-order valence-corrected chi connectivity index (χ3v) is 5.58. The molecule has 3 nitrogen and oxygen atoms in total. The molecule has 1 aromatic heterocycles. The molecule has 0 bridgehead atoms. The van der Waals surface area contributed by atoms with E-state index in [-0.39, 0.29) is 5.82 Å². The van der Waals surface area contributed by atoms with Crippen LogP contribution in [0.25, 0.3) is 11.1 Å². The van der Waals surface area contributed by atoms with Crippen LogP contribution in [-0.4, -0.2) is 34.7 Å². The highest BCUT2D eigenvalue weighted by molar-refractivity contribution is 5.65. The lowest BCUT2D eigenvalue weighted by Gasteiger charge is -2.32. The molecule has 4 heteroatoms. The number of nitrogens with one attached hydrogen (secondary N) is 1. The van der Waals surface area contributed by atoms with E-state index in [4.69, 9.17) is 0 Å². The fourth-order valence-corrected chi connectivity index (χ4v) is 4.09. The molecule has 0 saturated carbocycles. The van der Waals surface area contributed by atoms with Gasteiger partial charge in [0.15, 0.2) is 0 Å². The zero-order valence-corrected chi connectivity index (χ0v) is 15.6. The molecule has 2 aromatic carbocycles. The number of halogens is 1. The molecule has 140 valence electrons. The average Bonchev–Trinajstić information content (AvgIpc) is 3.19. The number of aromatic amines is 1. The summed E-state index contributed by atoms with van der Waals surface area (Å²) in [5.74, 6) is 0.268. The molecule has 1 aliphatic rings. The number of rotatable bonds is 6. The predicted octanol–water partition coefficient (Wildman–Crippen LogP) is 5.03. The number of aromatic nitrogens is 2. The van der Waals surface area contributed by atoms with E-state index in [0.717, 1.165) is 55.7 Å². The molecule has 0 atom stereocenters. The summed E-state index contributed by atoms with van der Waals surface area (Å²) in [6, 6.07) is 17.5. The van der Waals surface area contributed by atoms with Crippen LogP contribution in [0, 0.1) is 5.82 Å². The number of hydrogen-bond acceptors (Lipinski definition) is 2. The lowest BCUT2D eigenvalue weighted by Crippen LogP contribution is -2.34. The highest BCUT2D eigenvalue weighted by Gasteiger charge is 2.24. The average molecular weight is 363 g/mol. The highest BCUT2D eigenvalue weighted by atomic mass is 19.1. The van der Waals surface area contributed by atoms with Gasteiger partial charge in [0.05, 0.1) is 6.20 Å². The maximum absolute atomic E-state index is 13.6. The molecule has 2 heterocycles. The Morgan fingerprint density at radius 3 is 2.63 bits per heavy atom. The van der Waals surface area contributed by atoms with Crippen molar-refractivity contribution in [1.82, 2.24) is 15.1 Å². The smallest absolute Gasteiger partial charge is 0.123 e. The van der Waals surface area contributed by atoms with Crippen LogP contribution in [0.5, 0.6) is 0 Å².